The average Bonchev–Trinajstić information content (AvgIpc) is 2.41. The van der Waals surface area contributed by atoms with Gasteiger partial charge in [-0.3, -0.25) is 4.79 Å². The predicted molar refractivity (Wildman–Crippen MR) is 80.2 cm³/mol. The van der Waals surface area contributed by atoms with E-state index in [1.54, 1.807) is 19.1 Å². The Kier molecular flexibility index (Phi) is 4.37. The zero-order chi connectivity index (χ0) is 15.6. The SMILES string of the molecule is Cc1cccc(NC(=O)c2ccc(F)c(Br)c2)c1C(=O)O. The number of rotatable bonds is 3. The van der Waals surface area contributed by atoms with Crippen LogP contribution in [0, 0.1) is 12.7 Å². The van der Waals surface area contributed by atoms with Crippen molar-refractivity contribution in [1.29, 1.82) is 0 Å². The van der Waals surface area contributed by atoms with Crippen LogP contribution < -0.4 is 5.32 Å². The van der Waals surface area contributed by atoms with Crippen LogP contribution >= 0.6 is 15.9 Å². The molecule has 6 heteroatoms. The molecule has 0 saturated carbocycles. The summed E-state index contributed by atoms with van der Waals surface area (Å²) in [6.45, 7) is 1.65. The van der Waals surface area contributed by atoms with E-state index in [1.165, 1.54) is 18.2 Å². The van der Waals surface area contributed by atoms with E-state index in [0.717, 1.165) is 6.07 Å². The molecule has 2 aromatic rings. The standard InChI is InChI=1S/C15H11BrFNO3/c1-8-3-2-4-12(13(8)15(20)21)18-14(19)9-5-6-11(17)10(16)7-9/h2-7H,1H3,(H,18,19)(H,20,21). The predicted octanol–water partition coefficient (Wildman–Crippen LogP) is 3.85. The normalized spacial score (nSPS) is 10.2. The second-order valence-corrected chi connectivity index (χ2v) is 5.24. The number of benzene rings is 2. The summed E-state index contributed by atoms with van der Waals surface area (Å²) in [5.74, 6) is -2.11. The van der Waals surface area contributed by atoms with Gasteiger partial charge in [0, 0.05) is 5.56 Å². The van der Waals surface area contributed by atoms with Crippen LogP contribution in [0.5, 0.6) is 0 Å². The van der Waals surface area contributed by atoms with E-state index in [4.69, 9.17) is 0 Å². The van der Waals surface area contributed by atoms with Crippen molar-refractivity contribution >= 4 is 33.5 Å². The van der Waals surface area contributed by atoms with Crippen molar-refractivity contribution in [2.45, 2.75) is 6.92 Å². The van der Waals surface area contributed by atoms with Gasteiger partial charge in [0.2, 0.25) is 0 Å². The maximum absolute atomic E-state index is 13.2. The molecule has 0 radical (unpaired) electrons. The molecule has 21 heavy (non-hydrogen) atoms. The molecule has 0 spiro atoms. The zero-order valence-electron chi connectivity index (χ0n) is 11.0. The van der Waals surface area contributed by atoms with Gasteiger partial charge >= 0.3 is 5.97 Å². The third kappa shape index (κ3) is 3.28. The molecule has 1 amide bonds. The molecule has 0 aliphatic carbocycles. The number of hydrogen-bond donors (Lipinski definition) is 2. The van der Waals surface area contributed by atoms with E-state index in [0.29, 0.717) is 5.56 Å². The molecule has 0 saturated heterocycles. The number of carbonyl (C=O) groups excluding carboxylic acids is 1. The van der Waals surface area contributed by atoms with Crippen LogP contribution in [-0.4, -0.2) is 17.0 Å². The molecule has 0 aliphatic rings. The highest BCUT2D eigenvalue weighted by molar-refractivity contribution is 9.10. The third-order valence-electron chi connectivity index (χ3n) is 2.92. The Hall–Kier alpha value is -2.21. The van der Waals surface area contributed by atoms with Crippen LogP contribution in [0.1, 0.15) is 26.3 Å². The Bertz CT molecular complexity index is 731. The van der Waals surface area contributed by atoms with Gasteiger partial charge in [-0.25, -0.2) is 9.18 Å². The minimum Gasteiger partial charge on any atom is -0.478 e. The minimum atomic E-state index is -1.12. The van der Waals surface area contributed by atoms with Crippen LogP contribution in [-0.2, 0) is 0 Å². The number of anilines is 1. The highest BCUT2D eigenvalue weighted by Gasteiger charge is 2.16. The first-order valence-corrected chi connectivity index (χ1v) is 6.78. The van der Waals surface area contributed by atoms with Crippen LogP contribution in [0.4, 0.5) is 10.1 Å². The van der Waals surface area contributed by atoms with Gasteiger partial charge in [0.1, 0.15) is 5.82 Å². The number of carbonyl (C=O) groups is 2. The molecule has 0 unspecified atom stereocenters. The molecule has 0 heterocycles. The van der Waals surface area contributed by atoms with Crippen LogP contribution in [0.25, 0.3) is 0 Å². The number of aromatic carboxylic acids is 1. The van der Waals surface area contributed by atoms with Crippen LogP contribution in [0.2, 0.25) is 0 Å². The Labute approximate surface area is 128 Å². The topological polar surface area (TPSA) is 66.4 Å². The first-order chi connectivity index (χ1) is 9.90. The van der Waals surface area contributed by atoms with Crippen molar-refractivity contribution in [2.75, 3.05) is 5.32 Å². The minimum absolute atomic E-state index is 0.0343. The van der Waals surface area contributed by atoms with Crippen molar-refractivity contribution in [3.63, 3.8) is 0 Å². The molecule has 108 valence electrons. The number of carboxylic acid groups (broad SMARTS) is 1. The van der Waals surface area contributed by atoms with E-state index in [9.17, 15) is 19.1 Å². The molecule has 2 N–H and O–H groups in total. The summed E-state index contributed by atoms with van der Waals surface area (Å²) in [7, 11) is 0. The zero-order valence-corrected chi connectivity index (χ0v) is 12.6. The third-order valence-corrected chi connectivity index (χ3v) is 3.52. The average molecular weight is 352 g/mol. The van der Waals surface area contributed by atoms with Crippen LogP contribution in [0.3, 0.4) is 0 Å². The highest BCUT2D eigenvalue weighted by Crippen LogP contribution is 2.22. The smallest absolute Gasteiger partial charge is 0.338 e. The summed E-state index contributed by atoms with van der Waals surface area (Å²) in [5, 5.41) is 11.7. The molecular weight excluding hydrogens is 341 g/mol. The Morgan fingerprint density at radius 3 is 2.57 bits per heavy atom. The fraction of sp³-hybridized carbons (Fsp3) is 0.0667. The van der Waals surface area contributed by atoms with Gasteiger partial charge in [-0.05, 0) is 52.7 Å². The molecule has 0 fully saturated rings. The molecule has 0 aromatic heterocycles. The lowest BCUT2D eigenvalue weighted by atomic mass is 10.1. The lowest BCUT2D eigenvalue weighted by molar-refractivity contribution is 0.0697. The van der Waals surface area contributed by atoms with Gasteiger partial charge in [-0.15, -0.1) is 0 Å². The molecule has 4 nitrogen and oxygen atoms in total. The number of amides is 1. The van der Waals surface area contributed by atoms with Gasteiger partial charge in [-0.2, -0.15) is 0 Å². The Balaban J connectivity index is 2.34. The van der Waals surface area contributed by atoms with Gasteiger partial charge in [-0.1, -0.05) is 12.1 Å². The van der Waals surface area contributed by atoms with Gasteiger partial charge < -0.3 is 10.4 Å². The van der Waals surface area contributed by atoms with Crippen molar-refractivity contribution in [1.82, 2.24) is 0 Å². The number of halogens is 2. The summed E-state index contributed by atoms with van der Waals surface area (Å²) >= 11 is 3.00. The molecule has 0 atom stereocenters. The Morgan fingerprint density at radius 2 is 1.95 bits per heavy atom. The summed E-state index contributed by atoms with van der Waals surface area (Å²) in [4.78, 5) is 23.4. The molecule has 2 aromatic carbocycles. The quantitative estimate of drug-likeness (QED) is 0.882. The van der Waals surface area contributed by atoms with E-state index < -0.39 is 17.7 Å². The highest BCUT2D eigenvalue weighted by atomic mass is 79.9. The van der Waals surface area contributed by atoms with E-state index >= 15 is 0 Å². The van der Waals surface area contributed by atoms with E-state index in [1.807, 2.05) is 0 Å². The van der Waals surface area contributed by atoms with Crippen LogP contribution in [0.15, 0.2) is 40.9 Å². The molecule has 0 aliphatic heterocycles. The van der Waals surface area contributed by atoms with Gasteiger partial charge in [0.15, 0.2) is 0 Å². The van der Waals surface area contributed by atoms with Gasteiger partial charge in [0.05, 0.1) is 15.7 Å². The molecule has 0 bridgehead atoms. The largest absolute Gasteiger partial charge is 0.478 e. The fourth-order valence-electron chi connectivity index (χ4n) is 1.89. The van der Waals surface area contributed by atoms with Gasteiger partial charge in [0.25, 0.3) is 5.91 Å². The van der Waals surface area contributed by atoms with E-state index in [-0.39, 0.29) is 21.3 Å². The monoisotopic (exact) mass is 351 g/mol. The summed E-state index contributed by atoms with van der Waals surface area (Å²) in [5.41, 5.74) is 1.00. The lowest BCUT2D eigenvalue weighted by Gasteiger charge is -2.10. The maximum Gasteiger partial charge on any atom is 0.338 e. The van der Waals surface area contributed by atoms with Crippen molar-refractivity contribution < 1.29 is 19.1 Å². The van der Waals surface area contributed by atoms with Crippen molar-refractivity contribution in [3.8, 4) is 0 Å². The van der Waals surface area contributed by atoms with E-state index in [2.05, 4.69) is 21.2 Å². The Morgan fingerprint density at radius 1 is 1.24 bits per heavy atom. The number of carboxylic acids is 1. The molecular formula is C15H11BrFNO3. The summed E-state index contributed by atoms with van der Waals surface area (Å²) in [6, 6.07) is 8.62. The lowest BCUT2D eigenvalue weighted by Crippen LogP contribution is -2.15. The molecule has 2 rings (SSSR count). The first-order valence-electron chi connectivity index (χ1n) is 5.99. The number of hydrogen-bond acceptors (Lipinski definition) is 2. The van der Waals surface area contributed by atoms with Crippen molar-refractivity contribution in [2.24, 2.45) is 0 Å². The fourth-order valence-corrected chi connectivity index (χ4v) is 2.27. The van der Waals surface area contributed by atoms with Crippen molar-refractivity contribution in [3.05, 3.63) is 63.4 Å². The second kappa shape index (κ2) is 6.05. The number of nitrogens with one attached hydrogen (secondary N) is 1. The second-order valence-electron chi connectivity index (χ2n) is 4.39. The maximum atomic E-state index is 13.2. The summed E-state index contributed by atoms with van der Waals surface area (Å²) in [6.07, 6.45) is 0. The summed E-state index contributed by atoms with van der Waals surface area (Å²) < 4.78 is 13.3. The first kappa shape index (κ1) is 15.2. The number of aryl methyl sites for hydroxylation is 1.